The molecule has 0 atom stereocenters. The first kappa shape index (κ1) is 22.0. The van der Waals surface area contributed by atoms with Gasteiger partial charge in [0.15, 0.2) is 17.5 Å². The van der Waals surface area contributed by atoms with Gasteiger partial charge >= 0.3 is 0 Å². The van der Waals surface area contributed by atoms with Crippen molar-refractivity contribution in [3.05, 3.63) is 39.8 Å². The van der Waals surface area contributed by atoms with Gasteiger partial charge in [-0.15, -0.1) is 11.3 Å². The van der Waals surface area contributed by atoms with Crippen molar-refractivity contribution >= 4 is 17.3 Å². The van der Waals surface area contributed by atoms with E-state index in [1.54, 1.807) is 25.6 Å². The van der Waals surface area contributed by atoms with Gasteiger partial charge in [0, 0.05) is 36.0 Å². The summed E-state index contributed by atoms with van der Waals surface area (Å²) in [7, 11) is 3.30. The minimum atomic E-state index is -0.145. The molecule has 1 heterocycles. The SMILES string of the molecule is CCNC(=NCC(C)(C)c1ccc(OC)c(OC)c1)NCCc1ncc(C)s1. The number of rotatable bonds is 9. The van der Waals surface area contributed by atoms with Crippen LogP contribution in [0.1, 0.15) is 36.2 Å². The van der Waals surface area contributed by atoms with Crippen LogP contribution in [-0.2, 0) is 11.8 Å². The highest BCUT2D eigenvalue weighted by Gasteiger charge is 2.22. The van der Waals surface area contributed by atoms with Crippen LogP contribution < -0.4 is 20.1 Å². The van der Waals surface area contributed by atoms with Gasteiger partial charge in [0.05, 0.1) is 25.8 Å². The van der Waals surface area contributed by atoms with E-state index in [1.165, 1.54) is 4.88 Å². The Morgan fingerprint density at radius 1 is 1.18 bits per heavy atom. The number of thiazole rings is 1. The summed E-state index contributed by atoms with van der Waals surface area (Å²) in [5, 5.41) is 7.87. The molecule has 0 aliphatic carbocycles. The lowest BCUT2D eigenvalue weighted by molar-refractivity contribution is 0.353. The predicted octanol–water partition coefficient (Wildman–Crippen LogP) is 3.54. The molecule has 0 unspecified atom stereocenters. The van der Waals surface area contributed by atoms with Crippen molar-refractivity contribution < 1.29 is 9.47 Å². The molecule has 0 spiro atoms. The molecule has 154 valence electrons. The number of aromatic nitrogens is 1. The highest BCUT2D eigenvalue weighted by Crippen LogP contribution is 2.33. The van der Waals surface area contributed by atoms with Gasteiger partial charge in [-0.1, -0.05) is 19.9 Å². The molecule has 0 aliphatic heterocycles. The number of nitrogens with zero attached hydrogens (tertiary/aromatic N) is 2. The van der Waals surface area contributed by atoms with Crippen LogP contribution in [0.5, 0.6) is 11.5 Å². The zero-order valence-electron chi connectivity index (χ0n) is 17.8. The minimum Gasteiger partial charge on any atom is -0.493 e. The Kier molecular flexibility index (Phi) is 8.11. The lowest BCUT2D eigenvalue weighted by Crippen LogP contribution is -2.39. The summed E-state index contributed by atoms with van der Waals surface area (Å²) in [4.78, 5) is 10.5. The second-order valence-electron chi connectivity index (χ2n) is 7.19. The van der Waals surface area contributed by atoms with Crippen molar-refractivity contribution in [1.29, 1.82) is 0 Å². The number of methoxy groups -OCH3 is 2. The Morgan fingerprint density at radius 3 is 2.54 bits per heavy atom. The molecule has 1 aromatic carbocycles. The summed E-state index contributed by atoms with van der Waals surface area (Å²) in [6.45, 7) is 10.8. The van der Waals surface area contributed by atoms with Gasteiger partial charge in [-0.3, -0.25) is 4.99 Å². The van der Waals surface area contributed by atoms with E-state index in [0.29, 0.717) is 6.54 Å². The number of nitrogens with one attached hydrogen (secondary N) is 2. The smallest absolute Gasteiger partial charge is 0.191 e. The summed E-state index contributed by atoms with van der Waals surface area (Å²) in [5.74, 6) is 2.29. The van der Waals surface area contributed by atoms with E-state index < -0.39 is 0 Å². The van der Waals surface area contributed by atoms with E-state index in [2.05, 4.69) is 49.4 Å². The molecule has 0 saturated heterocycles. The van der Waals surface area contributed by atoms with Gasteiger partial charge in [-0.05, 0) is 31.5 Å². The van der Waals surface area contributed by atoms with E-state index in [9.17, 15) is 0 Å². The van der Waals surface area contributed by atoms with Crippen LogP contribution in [-0.4, -0.2) is 44.8 Å². The third-order valence-corrected chi connectivity index (χ3v) is 5.41. The third-order valence-electron chi connectivity index (χ3n) is 4.44. The van der Waals surface area contributed by atoms with Gasteiger partial charge < -0.3 is 20.1 Å². The Morgan fingerprint density at radius 2 is 1.93 bits per heavy atom. The molecular weight excluding hydrogens is 372 g/mol. The van der Waals surface area contributed by atoms with Crippen molar-refractivity contribution in [2.75, 3.05) is 33.9 Å². The van der Waals surface area contributed by atoms with E-state index in [4.69, 9.17) is 14.5 Å². The first-order chi connectivity index (χ1) is 13.4. The van der Waals surface area contributed by atoms with Crippen molar-refractivity contribution in [3.63, 3.8) is 0 Å². The molecule has 0 amide bonds. The number of aryl methyl sites for hydroxylation is 1. The van der Waals surface area contributed by atoms with E-state index in [1.807, 2.05) is 18.3 Å². The van der Waals surface area contributed by atoms with Crippen molar-refractivity contribution in [2.24, 2.45) is 4.99 Å². The van der Waals surface area contributed by atoms with Crippen LogP contribution in [0.2, 0.25) is 0 Å². The molecule has 7 heteroatoms. The van der Waals surface area contributed by atoms with E-state index in [0.717, 1.165) is 47.5 Å². The molecule has 28 heavy (non-hydrogen) atoms. The number of hydrogen-bond donors (Lipinski definition) is 2. The van der Waals surface area contributed by atoms with Gasteiger partial charge in [0.1, 0.15) is 0 Å². The van der Waals surface area contributed by atoms with Crippen molar-refractivity contribution in [1.82, 2.24) is 15.6 Å². The average Bonchev–Trinajstić information content (AvgIpc) is 3.10. The minimum absolute atomic E-state index is 0.145. The highest BCUT2D eigenvalue weighted by molar-refractivity contribution is 7.11. The van der Waals surface area contributed by atoms with E-state index >= 15 is 0 Å². The Balaban J connectivity index is 2.03. The third kappa shape index (κ3) is 6.12. The number of benzene rings is 1. The van der Waals surface area contributed by atoms with Crippen molar-refractivity contribution in [3.8, 4) is 11.5 Å². The fourth-order valence-electron chi connectivity index (χ4n) is 2.77. The summed E-state index contributed by atoms with van der Waals surface area (Å²) < 4.78 is 10.8. The monoisotopic (exact) mass is 404 g/mol. The number of ether oxygens (including phenoxy) is 2. The molecule has 2 N–H and O–H groups in total. The number of guanidine groups is 1. The second-order valence-corrected chi connectivity index (χ2v) is 8.51. The van der Waals surface area contributed by atoms with Crippen LogP contribution in [0.4, 0.5) is 0 Å². The molecular formula is C21H32N4O2S. The lowest BCUT2D eigenvalue weighted by Gasteiger charge is -2.25. The second kappa shape index (κ2) is 10.3. The summed E-state index contributed by atoms with van der Waals surface area (Å²) in [6.07, 6.45) is 2.81. The predicted molar refractivity (Wildman–Crippen MR) is 117 cm³/mol. The molecule has 0 bridgehead atoms. The molecule has 1 aromatic heterocycles. The van der Waals surface area contributed by atoms with Gasteiger partial charge in [-0.2, -0.15) is 0 Å². The molecule has 0 saturated carbocycles. The Hall–Kier alpha value is -2.28. The lowest BCUT2D eigenvalue weighted by atomic mass is 9.84. The number of hydrogen-bond acceptors (Lipinski definition) is 5. The maximum absolute atomic E-state index is 5.44. The molecule has 2 rings (SSSR count). The Bertz CT molecular complexity index is 786. The molecule has 6 nitrogen and oxygen atoms in total. The van der Waals surface area contributed by atoms with Crippen LogP contribution in [0.15, 0.2) is 29.4 Å². The maximum Gasteiger partial charge on any atom is 0.191 e. The van der Waals surface area contributed by atoms with Crippen LogP contribution in [0.3, 0.4) is 0 Å². The number of aliphatic imine (C=N–C) groups is 1. The fraction of sp³-hybridized carbons (Fsp3) is 0.524. The summed E-state index contributed by atoms with van der Waals surface area (Å²) in [5.41, 5.74) is 1.01. The maximum atomic E-state index is 5.44. The zero-order valence-corrected chi connectivity index (χ0v) is 18.6. The van der Waals surface area contributed by atoms with Gasteiger partial charge in [0.25, 0.3) is 0 Å². The molecule has 0 fully saturated rings. The topological polar surface area (TPSA) is 67.8 Å². The van der Waals surface area contributed by atoms with Gasteiger partial charge in [0.2, 0.25) is 0 Å². The molecule has 0 aliphatic rings. The quantitative estimate of drug-likeness (QED) is 0.494. The zero-order chi connectivity index (χ0) is 20.6. The molecule has 0 radical (unpaired) electrons. The summed E-state index contributed by atoms with van der Waals surface area (Å²) >= 11 is 1.74. The van der Waals surface area contributed by atoms with Gasteiger partial charge in [-0.25, -0.2) is 4.98 Å². The van der Waals surface area contributed by atoms with Crippen LogP contribution >= 0.6 is 11.3 Å². The normalized spacial score (nSPS) is 12.0. The van der Waals surface area contributed by atoms with Crippen LogP contribution in [0.25, 0.3) is 0 Å². The standard InChI is InChI=1S/C21H32N4O2S/c1-7-22-20(23-11-10-19-24-13-15(2)28-19)25-14-21(3,4)16-8-9-17(26-5)18(12-16)27-6/h8-9,12-13H,7,10-11,14H2,1-6H3,(H2,22,23,25). The largest absolute Gasteiger partial charge is 0.493 e. The highest BCUT2D eigenvalue weighted by atomic mass is 32.1. The first-order valence-electron chi connectivity index (χ1n) is 9.55. The van der Waals surface area contributed by atoms with Crippen LogP contribution in [0, 0.1) is 6.92 Å². The fourth-order valence-corrected chi connectivity index (χ4v) is 3.56. The molecule has 2 aromatic rings. The first-order valence-corrected chi connectivity index (χ1v) is 10.4. The Labute approximate surface area is 172 Å². The van der Waals surface area contributed by atoms with E-state index in [-0.39, 0.29) is 5.41 Å². The van der Waals surface area contributed by atoms with Crippen molar-refractivity contribution in [2.45, 2.75) is 39.5 Å². The average molecular weight is 405 g/mol. The summed E-state index contributed by atoms with van der Waals surface area (Å²) in [6, 6.07) is 6.04.